The number of sulfonamides is 1. The summed E-state index contributed by atoms with van der Waals surface area (Å²) in [5, 5.41) is 3.02. The molecular weight excluding hydrogens is 498 g/mol. The van der Waals surface area contributed by atoms with Gasteiger partial charge in [0.25, 0.3) is 0 Å². The lowest BCUT2D eigenvalue weighted by Gasteiger charge is -2.35. The third-order valence-electron chi connectivity index (χ3n) is 5.97. The predicted molar refractivity (Wildman–Crippen MR) is 152 cm³/mol. The Labute approximate surface area is 226 Å². The Bertz CT molecular complexity index is 1320. The van der Waals surface area contributed by atoms with Crippen molar-refractivity contribution in [2.24, 2.45) is 0 Å². The number of benzene rings is 3. The molecule has 0 aromatic heterocycles. The Morgan fingerprint density at radius 2 is 1.37 bits per heavy atom. The molecule has 0 fully saturated rings. The summed E-state index contributed by atoms with van der Waals surface area (Å²) in [6.07, 6.45) is 1.36. The summed E-state index contributed by atoms with van der Waals surface area (Å²) in [7, 11) is -3.78. The molecule has 202 valence electrons. The Morgan fingerprint density at radius 3 is 1.87 bits per heavy atom. The average molecular weight is 536 g/mol. The molecule has 0 unspecified atom stereocenters. The normalized spacial score (nSPS) is 12.4. The van der Waals surface area contributed by atoms with Gasteiger partial charge in [0.15, 0.2) is 0 Å². The van der Waals surface area contributed by atoms with E-state index in [1.807, 2.05) is 88.4 Å². The van der Waals surface area contributed by atoms with E-state index in [1.54, 1.807) is 24.3 Å². The van der Waals surface area contributed by atoms with Crippen LogP contribution in [0, 0.1) is 6.92 Å². The summed E-state index contributed by atoms with van der Waals surface area (Å²) in [5.74, 6) is -0.767. The van der Waals surface area contributed by atoms with Crippen molar-refractivity contribution in [3.05, 3.63) is 102 Å². The number of carbonyl (C=O) groups is 2. The lowest BCUT2D eigenvalue weighted by molar-refractivity contribution is -0.140. The fraction of sp³-hybridized carbons (Fsp3) is 0.333. The van der Waals surface area contributed by atoms with Crippen LogP contribution in [0.15, 0.2) is 84.9 Å². The fourth-order valence-electron chi connectivity index (χ4n) is 4.11. The van der Waals surface area contributed by atoms with E-state index in [9.17, 15) is 18.0 Å². The van der Waals surface area contributed by atoms with Crippen molar-refractivity contribution >= 4 is 27.5 Å². The molecule has 0 saturated carbocycles. The van der Waals surface area contributed by atoms with Crippen LogP contribution in [0.2, 0.25) is 0 Å². The van der Waals surface area contributed by atoms with Crippen LogP contribution in [0.4, 0.5) is 5.69 Å². The SMILES string of the molecule is Cc1ccc(N(CC(=O)N(Cc2ccccc2)[C@@H](Cc2ccccc2)C(=O)NC(C)(C)C)S(C)(=O)=O)cc1. The van der Waals surface area contributed by atoms with Crippen molar-refractivity contribution in [1.29, 1.82) is 0 Å². The van der Waals surface area contributed by atoms with Crippen LogP contribution in [0.3, 0.4) is 0 Å². The smallest absolute Gasteiger partial charge is 0.244 e. The monoisotopic (exact) mass is 535 g/mol. The van der Waals surface area contributed by atoms with Crippen molar-refractivity contribution in [2.45, 2.75) is 52.2 Å². The van der Waals surface area contributed by atoms with Gasteiger partial charge in [0.2, 0.25) is 21.8 Å². The summed E-state index contributed by atoms with van der Waals surface area (Å²) >= 11 is 0. The summed E-state index contributed by atoms with van der Waals surface area (Å²) in [6, 6.07) is 25.0. The predicted octanol–water partition coefficient (Wildman–Crippen LogP) is 4.32. The molecule has 0 bridgehead atoms. The lowest BCUT2D eigenvalue weighted by atomic mass is 10.0. The number of carbonyl (C=O) groups excluding carboxylic acids is 2. The Kier molecular flexibility index (Phi) is 9.33. The molecule has 8 heteroatoms. The van der Waals surface area contributed by atoms with Crippen LogP contribution in [0.1, 0.15) is 37.5 Å². The van der Waals surface area contributed by atoms with Crippen LogP contribution in [0.25, 0.3) is 0 Å². The van der Waals surface area contributed by atoms with Crippen molar-refractivity contribution in [3.8, 4) is 0 Å². The summed E-state index contributed by atoms with van der Waals surface area (Å²) < 4.78 is 26.7. The van der Waals surface area contributed by atoms with Gasteiger partial charge in [-0.2, -0.15) is 0 Å². The first kappa shape index (κ1) is 28.9. The molecule has 0 aliphatic heterocycles. The second kappa shape index (κ2) is 12.3. The molecule has 3 aromatic rings. The Hall–Kier alpha value is -3.65. The minimum absolute atomic E-state index is 0.153. The maximum atomic E-state index is 14.0. The molecule has 0 spiro atoms. The average Bonchev–Trinajstić information content (AvgIpc) is 2.84. The van der Waals surface area contributed by atoms with Gasteiger partial charge in [-0.15, -0.1) is 0 Å². The molecule has 0 saturated heterocycles. The van der Waals surface area contributed by atoms with Gasteiger partial charge in [-0.1, -0.05) is 78.4 Å². The number of hydrogen-bond acceptors (Lipinski definition) is 4. The second-order valence-electron chi connectivity index (χ2n) is 10.6. The van der Waals surface area contributed by atoms with Gasteiger partial charge < -0.3 is 10.2 Å². The fourth-order valence-corrected chi connectivity index (χ4v) is 4.96. The van der Waals surface area contributed by atoms with E-state index in [-0.39, 0.29) is 18.9 Å². The molecular formula is C30H37N3O4S. The van der Waals surface area contributed by atoms with Gasteiger partial charge in [-0.05, 0) is 51.0 Å². The maximum absolute atomic E-state index is 14.0. The molecule has 3 rings (SSSR count). The van der Waals surface area contributed by atoms with Gasteiger partial charge in [0.1, 0.15) is 12.6 Å². The van der Waals surface area contributed by atoms with Gasteiger partial charge in [0, 0.05) is 18.5 Å². The maximum Gasteiger partial charge on any atom is 0.244 e. The zero-order valence-electron chi connectivity index (χ0n) is 22.7. The molecule has 1 N–H and O–H groups in total. The Morgan fingerprint density at radius 1 is 0.842 bits per heavy atom. The van der Waals surface area contributed by atoms with Crippen molar-refractivity contribution < 1.29 is 18.0 Å². The number of anilines is 1. The zero-order valence-corrected chi connectivity index (χ0v) is 23.5. The molecule has 3 aromatic carbocycles. The molecule has 0 aliphatic rings. The van der Waals surface area contributed by atoms with E-state index in [0.29, 0.717) is 5.69 Å². The van der Waals surface area contributed by atoms with Gasteiger partial charge >= 0.3 is 0 Å². The minimum Gasteiger partial charge on any atom is -0.350 e. The summed E-state index contributed by atoms with van der Waals surface area (Å²) in [5.41, 5.74) is 2.58. The number of nitrogens with zero attached hydrogens (tertiary/aromatic N) is 2. The highest BCUT2D eigenvalue weighted by molar-refractivity contribution is 7.92. The molecule has 38 heavy (non-hydrogen) atoms. The van der Waals surface area contributed by atoms with Crippen molar-refractivity contribution in [1.82, 2.24) is 10.2 Å². The van der Waals surface area contributed by atoms with Gasteiger partial charge in [0.05, 0.1) is 11.9 Å². The third-order valence-corrected chi connectivity index (χ3v) is 7.11. The largest absolute Gasteiger partial charge is 0.350 e. The van der Waals surface area contributed by atoms with Gasteiger partial charge in [-0.25, -0.2) is 8.42 Å². The van der Waals surface area contributed by atoms with Gasteiger partial charge in [-0.3, -0.25) is 13.9 Å². The lowest BCUT2D eigenvalue weighted by Crippen LogP contribution is -2.56. The summed E-state index contributed by atoms with van der Waals surface area (Å²) in [4.78, 5) is 29.1. The highest BCUT2D eigenvalue weighted by Gasteiger charge is 2.34. The highest BCUT2D eigenvalue weighted by Crippen LogP contribution is 2.21. The van der Waals surface area contributed by atoms with Crippen LogP contribution < -0.4 is 9.62 Å². The Balaban J connectivity index is 2.04. The zero-order chi connectivity index (χ0) is 27.9. The number of nitrogens with one attached hydrogen (secondary N) is 1. The van der Waals surface area contributed by atoms with E-state index in [4.69, 9.17) is 0 Å². The highest BCUT2D eigenvalue weighted by atomic mass is 32.2. The van der Waals surface area contributed by atoms with E-state index in [0.717, 1.165) is 27.3 Å². The first-order chi connectivity index (χ1) is 17.8. The standard InChI is InChI=1S/C30H37N3O4S/c1-23-16-18-26(19-17-23)33(38(5,36)37)22-28(34)32(21-25-14-10-7-11-15-25)27(29(35)31-30(2,3)4)20-24-12-8-6-9-13-24/h6-19,27H,20-22H2,1-5H3,(H,31,35)/t27-/m0/s1. The van der Waals surface area contributed by atoms with Crippen LogP contribution in [0.5, 0.6) is 0 Å². The van der Waals surface area contributed by atoms with Crippen LogP contribution in [-0.2, 0) is 32.6 Å². The first-order valence-electron chi connectivity index (χ1n) is 12.6. The molecule has 0 aliphatic carbocycles. The number of hydrogen-bond donors (Lipinski definition) is 1. The second-order valence-corrected chi connectivity index (χ2v) is 12.5. The number of aryl methyl sites for hydroxylation is 1. The summed E-state index contributed by atoms with van der Waals surface area (Å²) in [6.45, 7) is 7.29. The molecule has 0 radical (unpaired) electrons. The van der Waals surface area contributed by atoms with Crippen molar-refractivity contribution in [3.63, 3.8) is 0 Å². The van der Waals surface area contributed by atoms with Crippen LogP contribution in [-0.4, -0.2) is 49.5 Å². The quantitative estimate of drug-likeness (QED) is 0.419. The molecule has 0 heterocycles. The van der Waals surface area contributed by atoms with E-state index in [2.05, 4.69) is 5.32 Å². The molecule has 2 amide bonds. The third kappa shape index (κ3) is 8.45. The molecule has 7 nitrogen and oxygen atoms in total. The number of rotatable bonds is 10. The topological polar surface area (TPSA) is 86.8 Å². The van der Waals surface area contributed by atoms with Crippen LogP contribution >= 0.6 is 0 Å². The number of amides is 2. The minimum atomic E-state index is -3.78. The van der Waals surface area contributed by atoms with E-state index >= 15 is 0 Å². The van der Waals surface area contributed by atoms with E-state index < -0.39 is 34.1 Å². The van der Waals surface area contributed by atoms with E-state index in [1.165, 1.54) is 4.90 Å². The molecule has 1 atom stereocenters. The van der Waals surface area contributed by atoms with Crippen molar-refractivity contribution in [2.75, 3.05) is 17.1 Å². The first-order valence-corrected chi connectivity index (χ1v) is 14.4.